The predicted molar refractivity (Wildman–Crippen MR) is 90.3 cm³/mol. The Labute approximate surface area is 124 Å². The predicted octanol–water partition coefficient (Wildman–Crippen LogP) is 4.45. The maximum absolute atomic E-state index is 5.60. The van der Waals surface area contributed by atoms with Crippen LogP contribution in [0, 0.1) is 5.92 Å². The number of para-hydroxylation sites is 1. The van der Waals surface area contributed by atoms with Crippen LogP contribution >= 0.6 is 0 Å². The van der Waals surface area contributed by atoms with E-state index in [-0.39, 0.29) is 0 Å². The molecule has 0 fully saturated rings. The molecule has 1 aliphatic rings. The third kappa shape index (κ3) is 2.90. The van der Waals surface area contributed by atoms with Crippen molar-refractivity contribution in [2.45, 2.75) is 39.8 Å². The molecule has 0 bridgehead atoms. The molecule has 0 saturated heterocycles. The van der Waals surface area contributed by atoms with Crippen molar-refractivity contribution >= 4 is 13.3 Å². The molecule has 20 heavy (non-hydrogen) atoms. The van der Waals surface area contributed by atoms with E-state index >= 15 is 0 Å². The molecule has 1 nitrogen and oxygen atoms in total. The SMILES string of the molecule is COc1ccccc1[Si](C)(C)C1=C(CC(C)C)C=CC1. The lowest BCUT2D eigenvalue weighted by molar-refractivity contribution is 0.418. The van der Waals surface area contributed by atoms with Crippen molar-refractivity contribution in [1.29, 1.82) is 0 Å². The van der Waals surface area contributed by atoms with Gasteiger partial charge in [-0.15, -0.1) is 0 Å². The van der Waals surface area contributed by atoms with Crippen LogP contribution in [0.25, 0.3) is 0 Å². The molecule has 2 heteroatoms. The van der Waals surface area contributed by atoms with Crippen molar-refractivity contribution in [2.24, 2.45) is 5.92 Å². The fourth-order valence-corrected chi connectivity index (χ4v) is 6.42. The average Bonchev–Trinajstić information content (AvgIpc) is 2.86. The average molecular weight is 286 g/mol. The summed E-state index contributed by atoms with van der Waals surface area (Å²) in [5.74, 6) is 1.76. The van der Waals surface area contributed by atoms with Crippen LogP contribution in [0.2, 0.25) is 13.1 Å². The van der Waals surface area contributed by atoms with Gasteiger partial charge in [-0.05, 0) is 30.0 Å². The highest BCUT2D eigenvalue weighted by Crippen LogP contribution is 2.33. The summed E-state index contributed by atoms with van der Waals surface area (Å²) in [6.07, 6.45) is 6.99. The van der Waals surface area contributed by atoms with E-state index < -0.39 is 8.07 Å². The maximum Gasteiger partial charge on any atom is 0.118 e. The van der Waals surface area contributed by atoms with Gasteiger partial charge in [0.25, 0.3) is 0 Å². The molecule has 1 aromatic carbocycles. The van der Waals surface area contributed by atoms with Gasteiger partial charge in [0.1, 0.15) is 13.8 Å². The summed E-state index contributed by atoms with van der Waals surface area (Å²) in [7, 11) is 0.128. The van der Waals surface area contributed by atoms with Gasteiger partial charge in [0.05, 0.1) is 7.11 Å². The first-order chi connectivity index (χ1) is 9.46. The zero-order chi connectivity index (χ0) is 14.8. The molecule has 0 N–H and O–H groups in total. The second-order valence-electron chi connectivity index (χ2n) is 6.53. The number of ether oxygens (including phenoxy) is 1. The molecule has 0 saturated carbocycles. The highest BCUT2D eigenvalue weighted by molar-refractivity contribution is 6.96. The Bertz CT molecular complexity index is 538. The lowest BCUT2D eigenvalue weighted by atomic mass is 10.0. The van der Waals surface area contributed by atoms with E-state index in [1.54, 1.807) is 17.9 Å². The van der Waals surface area contributed by atoms with E-state index in [0.29, 0.717) is 5.92 Å². The molecule has 0 atom stereocenters. The van der Waals surface area contributed by atoms with Gasteiger partial charge >= 0.3 is 0 Å². The van der Waals surface area contributed by atoms with E-state index in [2.05, 4.69) is 63.4 Å². The number of rotatable bonds is 5. The van der Waals surface area contributed by atoms with Crippen LogP contribution in [-0.4, -0.2) is 15.2 Å². The Morgan fingerprint density at radius 2 is 1.90 bits per heavy atom. The fraction of sp³-hybridized carbons (Fsp3) is 0.444. The van der Waals surface area contributed by atoms with Crippen LogP contribution in [0.15, 0.2) is 47.2 Å². The lowest BCUT2D eigenvalue weighted by Gasteiger charge is -2.28. The van der Waals surface area contributed by atoms with Crippen LogP contribution < -0.4 is 9.92 Å². The van der Waals surface area contributed by atoms with Crippen molar-refractivity contribution in [3.8, 4) is 5.75 Å². The first-order valence-corrected chi connectivity index (χ1v) is 10.5. The van der Waals surface area contributed by atoms with Gasteiger partial charge in [-0.2, -0.15) is 0 Å². The third-order valence-corrected chi connectivity index (χ3v) is 7.99. The smallest absolute Gasteiger partial charge is 0.118 e. The van der Waals surface area contributed by atoms with E-state index in [1.165, 1.54) is 11.6 Å². The second-order valence-corrected chi connectivity index (χ2v) is 10.9. The third-order valence-electron chi connectivity index (χ3n) is 4.19. The topological polar surface area (TPSA) is 9.23 Å². The number of allylic oxidation sites excluding steroid dienone is 4. The van der Waals surface area contributed by atoms with Gasteiger partial charge in [-0.25, -0.2) is 0 Å². The minimum atomic E-state index is -1.65. The van der Waals surface area contributed by atoms with Crippen molar-refractivity contribution < 1.29 is 4.74 Å². The zero-order valence-electron chi connectivity index (χ0n) is 13.4. The van der Waals surface area contributed by atoms with Crippen molar-refractivity contribution in [3.05, 3.63) is 47.2 Å². The minimum Gasteiger partial charge on any atom is -0.497 e. The second kappa shape index (κ2) is 6.00. The summed E-state index contributed by atoms with van der Waals surface area (Å²) in [5, 5.41) is 3.10. The molecule has 0 heterocycles. The molecule has 2 rings (SSSR count). The fourth-order valence-electron chi connectivity index (χ4n) is 3.16. The van der Waals surface area contributed by atoms with E-state index in [0.717, 1.165) is 12.2 Å². The zero-order valence-corrected chi connectivity index (χ0v) is 14.4. The molecular formula is C18H26OSi. The Balaban J connectivity index is 2.44. The van der Waals surface area contributed by atoms with E-state index in [4.69, 9.17) is 4.74 Å². The maximum atomic E-state index is 5.60. The van der Waals surface area contributed by atoms with Gasteiger partial charge in [0.15, 0.2) is 0 Å². The van der Waals surface area contributed by atoms with Crippen molar-refractivity contribution in [1.82, 2.24) is 0 Å². The highest BCUT2D eigenvalue weighted by Gasteiger charge is 2.33. The van der Waals surface area contributed by atoms with Crippen LogP contribution in [0.5, 0.6) is 5.75 Å². The normalized spacial score (nSPS) is 15.3. The summed E-state index contributed by atoms with van der Waals surface area (Å²) in [6.45, 7) is 9.50. The van der Waals surface area contributed by atoms with Gasteiger partial charge in [-0.1, -0.05) is 68.1 Å². The standard InChI is InChI=1S/C18H26OSi/c1-14(2)13-15-9-8-12-17(15)20(4,5)18-11-7-6-10-16(18)19-3/h6-11,14H,12-13H2,1-5H3. The van der Waals surface area contributed by atoms with Crippen LogP contribution in [0.4, 0.5) is 0 Å². The van der Waals surface area contributed by atoms with Gasteiger partial charge in [0, 0.05) is 0 Å². The highest BCUT2D eigenvalue weighted by atomic mass is 28.3. The van der Waals surface area contributed by atoms with Crippen LogP contribution in [0.1, 0.15) is 26.7 Å². The number of methoxy groups -OCH3 is 1. The van der Waals surface area contributed by atoms with Crippen molar-refractivity contribution in [3.63, 3.8) is 0 Å². The van der Waals surface area contributed by atoms with Crippen LogP contribution in [0.3, 0.4) is 0 Å². The summed E-state index contributed by atoms with van der Waals surface area (Å²) in [5.41, 5.74) is 1.57. The van der Waals surface area contributed by atoms with E-state index in [9.17, 15) is 0 Å². The largest absolute Gasteiger partial charge is 0.497 e. The molecule has 0 spiro atoms. The first kappa shape index (κ1) is 15.1. The van der Waals surface area contributed by atoms with Gasteiger partial charge < -0.3 is 4.74 Å². The van der Waals surface area contributed by atoms with Gasteiger partial charge in [-0.3, -0.25) is 0 Å². The summed E-state index contributed by atoms with van der Waals surface area (Å²) >= 11 is 0. The molecule has 0 aromatic heterocycles. The molecule has 0 radical (unpaired) electrons. The Morgan fingerprint density at radius 3 is 2.55 bits per heavy atom. The number of hydrogen-bond acceptors (Lipinski definition) is 1. The van der Waals surface area contributed by atoms with Gasteiger partial charge in [0.2, 0.25) is 0 Å². The Morgan fingerprint density at radius 1 is 1.20 bits per heavy atom. The first-order valence-electron chi connectivity index (χ1n) is 7.49. The number of hydrogen-bond donors (Lipinski definition) is 0. The lowest BCUT2D eigenvalue weighted by Crippen LogP contribution is -2.44. The molecule has 0 unspecified atom stereocenters. The Hall–Kier alpha value is -1.28. The van der Waals surface area contributed by atoms with Crippen molar-refractivity contribution in [2.75, 3.05) is 7.11 Å². The molecule has 1 aromatic rings. The van der Waals surface area contributed by atoms with E-state index in [1.807, 2.05) is 0 Å². The van der Waals surface area contributed by atoms with Crippen LogP contribution in [-0.2, 0) is 0 Å². The molecule has 0 aliphatic heterocycles. The minimum absolute atomic E-state index is 0.713. The molecule has 108 valence electrons. The molecular weight excluding hydrogens is 260 g/mol. The summed E-state index contributed by atoms with van der Waals surface area (Å²) in [4.78, 5) is 0. The summed E-state index contributed by atoms with van der Waals surface area (Å²) in [6, 6.07) is 8.54. The number of benzene rings is 1. The quantitative estimate of drug-likeness (QED) is 0.727. The molecule has 1 aliphatic carbocycles. The Kier molecular flexibility index (Phi) is 4.54. The monoisotopic (exact) mass is 286 g/mol. The molecule has 0 amide bonds. The summed E-state index contributed by atoms with van der Waals surface area (Å²) < 4.78 is 5.60.